The summed E-state index contributed by atoms with van der Waals surface area (Å²) in [5, 5.41) is 9.10. The summed E-state index contributed by atoms with van der Waals surface area (Å²) in [6.45, 7) is 1.72. The second kappa shape index (κ2) is 7.88. The molecule has 22 heavy (non-hydrogen) atoms. The van der Waals surface area contributed by atoms with Crippen molar-refractivity contribution in [1.82, 2.24) is 15.7 Å². The van der Waals surface area contributed by atoms with Gasteiger partial charge < -0.3 is 11.1 Å². The van der Waals surface area contributed by atoms with Crippen LogP contribution >= 0.6 is 11.3 Å². The van der Waals surface area contributed by atoms with Crippen molar-refractivity contribution in [1.29, 1.82) is 0 Å². The molecule has 1 saturated carbocycles. The maximum absolute atomic E-state index is 11.8. The lowest BCUT2D eigenvalue weighted by molar-refractivity contribution is -0.121. The Hall–Kier alpha value is -1.96. The molecule has 0 saturated heterocycles. The number of carbonyl (C=O) groups is 2. The molecule has 120 valence electrons. The van der Waals surface area contributed by atoms with Gasteiger partial charge in [-0.25, -0.2) is 10.4 Å². The van der Waals surface area contributed by atoms with Crippen LogP contribution in [0.5, 0.6) is 0 Å². The molecule has 1 aliphatic rings. The third-order valence-corrected chi connectivity index (χ3v) is 4.14. The summed E-state index contributed by atoms with van der Waals surface area (Å²) in [6.07, 6.45) is 4.77. The van der Waals surface area contributed by atoms with E-state index in [1.165, 1.54) is 24.2 Å². The van der Waals surface area contributed by atoms with Crippen LogP contribution in [0, 0.1) is 0 Å². The summed E-state index contributed by atoms with van der Waals surface area (Å²) in [6, 6.07) is 0.296. The zero-order chi connectivity index (χ0) is 15.9. The van der Waals surface area contributed by atoms with Crippen LogP contribution in [0.4, 0.5) is 5.13 Å². The van der Waals surface area contributed by atoms with Crippen molar-refractivity contribution in [3.05, 3.63) is 11.1 Å². The van der Waals surface area contributed by atoms with E-state index in [1.807, 2.05) is 0 Å². The molecule has 0 unspecified atom stereocenters. The molecule has 1 aromatic rings. The molecule has 1 aliphatic carbocycles. The van der Waals surface area contributed by atoms with Crippen LogP contribution in [0.25, 0.3) is 0 Å². The van der Waals surface area contributed by atoms with Crippen LogP contribution in [0.2, 0.25) is 0 Å². The van der Waals surface area contributed by atoms with E-state index in [2.05, 4.69) is 20.8 Å². The highest BCUT2D eigenvalue weighted by Gasteiger charge is 2.17. The van der Waals surface area contributed by atoms with Crippen molar-refractivity contribution in [3.63, 3.8) is 0 Å². The highest BCUT2D eigenvalue weighted by atomic mass is 32.1. The zero-order valence-electron chi connectivity index (χ0n) is 12.6. The summed E-state index contributed by atoms with van der Waals surface area (Å²) in [5.41, 5.74) is 9.12. The number of carbonyl (C=O) groups excluding carboxylic acids is 2. The lowest BCUT2D eigenvalue weighted by Crippen LogP contribution is -2.34. The van der Waals surface area contributed by atoms with Crippen LogP contribution in [0.3, 0.4) is 0 Å². The smallest absolute Gasteiger partial charge is 0.246 e. The van der Waals surface area contributed by atoms with Crippen molar-refractivity contribution in [2.24, 2.45) is 5.10 Å². The van der Waals surface area contributed by atoms with E-state index in [9.17, 15) is 9.59 Å². The number of nitrogen functional groups attached to an aromatic ring is 1. The molecule has 1 aromatic heterocycles. The van der Waals surface area contributed by atoms with Crippen molar-refractivity contribution >= 4 is 34.0 Å². The van der Waals surface area contributed by atoms with E-state index in [1.54, 1.807) is 12.3 Å². The van der Waals surface area contributed by atoms with Gasteiger partial charge in [-0.2, -0.15) is 5.10 Å². The fourth-order valence-electron chi connectivity index (χ4n) is 2.39. The number of aromatic nitrogens is 1. The molecule has 0 aliphatic heterocycles. The topological polar surface area (TPSA) is 109 Å². The summed E-state index contributed by atoms with van der Waals surface area (Å²) in [5.74, 6) is -0.324. The van der Waals surface area contributed by atoms with Gasteiger partial charge in [-0.1, -0.05) is 12.8 Å². The van der Waals surface area contributed by atoms with E-state index in [0.29, 0.717) is 22.6 Å². The molecular formula is C14H21N5O2S. The number of amides is 2. The minimum atomic E-state index is -0.277. The van der Waals surface area contributed by atoms with Gasteiger partial charge in [-0.05, 0) is 19.8 Å². The standard InChI is InChI=1S/C14H21N5O2S/c1-9(6-12(20)16-10-4-2-3-5-10)18-19-13(21)7-11-8-22-14(15)17-11/h8,10H,2-7H2,1H3,(H2,15,17)(H,16,20)(H,19,21)/b18-9-. The number of hydrogen-bond donors (Lipinski definition) is 3. The lowest BCUT2D eigenvalue weighted by atomic mass is 10.2. The van der Waals surface area contributed by atoms with Crippen LogP contribution in [-0.4, -0.2) is 28.6 Å². The van der Waals surface area contributed by atoms with Crippen LogP contribution in [0.1, 0.15) is 44.7 Å². The first-order chi connectivity index (χ1) is 10.5. The Bertz CT molecular complexity index is 563. The number of hydrogen-bond acceptors (Lipinski definition) is 6. The highest BCUT2D eigenvalue weighted by molar-refractivity contribution is 7.13. The van der Waals surface area contributed by atoms with Gasteiger partial charge in [-0.3, -0.25) is 9.59 Å². The van der Waals surface area contributed by atoms with Gasteiger partial charge in [0.15, 0.2) is 5.13 Å². The Balaban J connectivity index is 1.71. The number of nitrogens with two attached hydrogens (primary N) is 1. The summed E-state index contributed by atoms with van der Waals surface area (Å²) in [7, 11) is 0. The molecule has 0 radical (unpaired) electrons. The minimum Gasteiger partial charge on any atom is -0.375 e. The number of nitrogens with one attached hydrogen (secondary N) is 2. The predicted molar refractivity (Wildman–Crippen MR) is 86.5 cm³/mol. The first kappa shape index (κ1) is 16.4. The maximum atomic E-state index is 11.8. The van der Waals surface area contributed by atoms with E-state index in [-0.39, 0.29) is 24.7 Å². The van der Waals surface area contributed by atoms with Gasteiger partial charge in [0.05, 0.1) is 18.5 Å². The normalized spacial score (nSPS) is 15.8. The number of hydrazone groups is 1. The van der Waals surface area contributed by atoms with E-state index in [0.717, 1.165) is 12.8 Å². The van der Waals surface area contributed by atoms with E-state index < -0.39 is 0 Å². The van der Waals surface area contributed by atoms with E-state index >= 15 is 0 Å². The molecule has 0 bridgehead atoms. The summed E-state index contributed by atoms with van der Waals surface area (Å²) >= 11 is 1.29. The van der Waals surface area contributed by atoms with Gasteiger partial charge >= 0.3 is 0 Å². The first-order valence-corrected chi connectivity index (χ1v) is 8.22. The second-order valence-corrected chi connectivity index (χ2v) is 6.35. The van der Waals surface area contributed by atoms with Gasteiger partial charge in [0.25, 0.3) is 0 Å². The Morgan fingerprint density at radius 1 is 1.41 bits per heavy atom. The van der Waals surface area contributed by atoms with Crippen LogP contribution < -0.4 is 16.5 Å². The molecule has 2 amide bonds. The molecule has 1 fully saturated rings. The molecule has 7 nitrogen and oxygen atoms in total. The van der Waals surface area contributed by atoms with Gasteiger partial charge in [0.1, 0.15) is 0 Å². The van der Waals surface area contributed by atoms with Gasteiger partial charge in [-0.15, -0.1) is 11.3 Å². The molecular weight excluding hydrogens is 302 g/mol. The number of thiazole rings is 1. The molecule has 1 heterocycles. The van der Waals surface area contributed by atoms with Gasteiger partial charge in [0.2, 0.25) is 11.8 Å². The first-order valence-electron chi connectivity index (χ1n) is 7.34. The van der Waals surface area contributed by atoms with Crippen LogP contribution in [0.15, 0.2) is 10.5 Å². The monoisotopic (exact) mass is 323 g/mol. The van der Waals surface area contributed by atoms with Crippen LogP contribution in [-0.2, 0) is 16.0 Å². The Morgan fingerprint density at radius 3 is 2.77 bits per heavy atom. The highest BCUT2D eigenvalue weighted by Crippen LogP contribution is 2.17. The second-order valence-electron chi connectivity index (χ2n) is 5.46. The molecule has 0 spiro atoms. The van der Waals surface area contributed by atoms with Crippen molar-refractivity contribution < 1.29 is 9.59 Å². The molecule has 8 heteroatoms. The summed E-state index contributed by atoms with van der Waals surface area (Å²) in [4.78, 5) is 27.5. The zero-order valence-corrected chi connectivity index (χ0v) is 13.4. The average Bonchev–Trinajstić information content (AvgIpc) is 3.08. The third-order valence-electron chi connectivity index (χ3n) is 3.42. The lowest BCUT2D eigenvalue weighted by Gasteiger charge is -2.11. The average molecular weight is 323 g/mol. The minimum absolute atomic E-state index is 0.0466. The number of nitrogens with zero attached hydrogens (tertiary/aromatic N) is 2. The predicted octanol–water partition coefficient (Wildman–Crippen LogP) is 1.21. The molecule has 2 rings (SSSR count). The molecule has 0 atom stereocenters. The van der Waals surface area contributed by atoms with Gasteiger partial charge in [0, 0.05) is 17.1 Å². The Morgan fingerprint density at radius 2 is 2.14 bits per heavy atom. The molecule has 0 aromatic carbocycles. The van der Waals surface area contributed by atoms with Crippen molar-refractivity contribution in [2.75, 3.05) is 5.73 Å². The Kier molecular flexibility index (Phi) is 5.88. The number of anilines is 1. The molecule has 4 N–H and O–H groups in total. The SMILES string of the molecule is C/C(CC(=O)NC1CCCC1)=N/NC(=O)Cc1csc(N)n1. The summed E-state index contributed by atoms with van der Waals surface area (Å²) < 4.78 is 0. The third kappa shape index (κ3) is 5.44. The largest absolute Gasteiger partial charge is 0.375 e. The fraction of sp³-hybridized carbons (Fsp3) is 0.571. The van der Waals surface area contributed by atoms with E-state index in [4.69, 9.17) is 5.73 Å². The Labute approximate surface area is 133 Å². The number of rotatable bonds is 6. The van der Waals surface area contributed by atoms with Crippen molar-refractivity contribution in [3.8, 4) is 0 Å². The fourth-order valence-corrected chi connectivity index (χ4v) is 2.95. The maximum Gasteiger partial charge on any atom is 0.246 e. The van der Waals surface area contributed by atoms with Crippen molar-refractivity contribution in [2.45, 2.75) is 51.5 Å². The quantitative estimate of drug-likeness (QED) is 0.540.